The first kappa shape index (κ1) is 14.3. The summed E-state index contributed by atoms with van der Waals surface area (Å²) in [6.07, 6.45) is 1.82. The molecule has 1 aromatic rings. The van der Waals surface area contributed by atoms with E-state index < -0.39 is 12.0 Å². The van der Waals surface area contributed by atoms with Gasteiger partial charge in [-0.05, 0) is 68.5 Å². The Kier molecular flexibility index (Phi) is 4.75. The van der Waals surface area contributed by atoms with Gasteiger partial charge in [-0.15, -0.1) is 0 Å². The second-order valence-corrected chi connectivity index (χ2v) is 5.23. The van der Waals surface area contributed by atoms with E-state index in [4.69, 9.17) is 4.74 Å². The van der Waals surface area contributed by atoms with Crippen LogP contribution >= 0.6 is 0 Å². The number of halogens is 2. The van der Waals surface area contributed by atoms with Crippen LogP contribution in [0.4, 0.5) is 8.78 Å². The van der Waals surface area contributed by atoms with Gasteiger partial charge in [0, 0.05) is 0 Å². The second kappa shape index (κ2) is 6.33. The Morgan fingerprint density at radius 2 is 2.26 bits per heavy atom. The van der Waals surface area contributed by atoms with E-state index in [1.54, 1.807) is 6.07 Å². The number of nitrogens with one attached hydrogen (secondary N) is 1. The maximum atomic E-state index is 13.9. The number of ether oxygens (including phenoxy) is 1. The van der Waals surface area contributed by atoms with Gasteiger partial charge in [-0.25, -0.2) is 8.78 Å². The van der Waals surface area contributed by atoms with Crippen molar-refractivity contribution in [1.82, 2.24) is 5.32 Å². The number of alkyl halides is 1. The molecular weight excluding hydrogens is 248 g/mol. The van der Waals surface area contributed by atoms with Crippen molar-refractivity contribution in [2.75, 3.05) is 20.2 Å². The largest absolute Gasteiger partial charge is 0.493 e. The van der Waals surface area contributed by atoms with E-state index in [9.17, 15) is 8.78 Å². The smallest absolute Gasteiger partial charge is 0.165 e. The van der Waals surface area contributed by atoms with E-state index in [1.807, 2.05) is 0 Å². The molecule has 2 rings (SSSR count). The SMILES string of the molecule is COc1c(F)cc(C(C)F)cc1CC1CCCNC1. The predicted octanol–water partition coefficient (Wildman–Crippen LogP) is 3.41. The molecule has 1 aliphatic rings. The van der Waals surface area contributed by atoms with Crippen molar-refractivity contribution in [3.05, 3.63) is 29.1 Å². The number of piperidine rings is 1. The predicted molar refractivity (Wildman–Crippen MR) is 71.8 cm³/mol. The summed E-state index contributed by atoms with van der Waals surface area (Å²) in [5, 5.41) is 3.34. The lowest BCUT2D eigenvalue weighted by Gasteiger charge is -2.24. The molecule has 0 aliphatic carbocycles. The average Bonchev–Trinajstić information content (AvgIpc) is 2.39. The van der Waals surface area contributed by atoms with E-state index in [1.165, 1.54) is 20.1 Å². The molecule has 0 aromatic heterocycles. The molecule has 1 N–H and O–H groups in total. The van der Waals surface area contributed by atoms with Crippen LogP contribution in [0.25, 0.3) is 0 Å². The van der Waals surface area contributed by atoms with Crippen LogP contribution in [-0.4, -0.2) is 20.2 Å². The van der Waals surface area contributed by atoms with Gasteiger partial charge in [-0.3, -0.25) is 0 Å². The van der Waals surface area contributed by atoms with Crippen LogP contribution < -0.4 is 10.1 Å². The van der Waals surface area contributed by atoms with Crippen LogP contribution in [0.2, 0.25) is 0 Å². The molecule has 19 heavy (non-hydrogen) atoms. The van der Waals surface area contributed by atoms with Crippen LogP contribution in [0, 0.1) is 11.7 Å². The van der Waals surface area contributed by atoms with Crippen molar-refractivity contribution in [3.8, 4) is 5.75 Å². The van der Waals surface area contributed by atoms with Crippen LogP contribution in [0.5, 0.6) is 5.75 Å². The number of methoxy groups -OCH3 is 1. The highest BCUT2D eigenvalue weighted by molar-refractivity contribution is 5.40. The Balaban J connectivity index is 2.25. The summed E-state index contributed by atoms with van der Waals surface area (Å²) >= 11 is 0. The van der Waals surface area contributed by atoms with Crippen molar-refractivity contribution in [1.29, 1.82) is 0 Å². The fourth-order valence-electron chi connectivity index (χ4n) is 2.69. The van der Waals surface area contributed by atoms with Gasteiger partial charge >= 0.3 is 0 Å². The number of benzene rings is 1. The molecule has 1 aromatic carbocycles. The highest BCUT2D eigenvalue weighted by atomic mass is 19.1. The average molecular weight is 269 g/mol. The van der Waals surface area contributed by atoms with E-state index >= 15 is 0 Å². The fraction of sp³-hybridized carbons (Fsp3) is 0.600. The molecule has 1 heterocycles. The molecule has 4 heteroatoms. The maximum Gasteiger partial charge on any atom is 0.165 e. The maximum absolute atomic E-state index is 13.9. The first-order valence-corrected chi connectivity index (χ1v) is 6.83. The standard InChI is InChI=1S/C15H21F2NO/c1-10(16)12-7-13(15(19-2)14(17)8-12)6-11-4-3-5-18-9-11/h7-8,10-11,18H,3-6,9H2,1-2H3. The minimum Gasteiger partial charge on any atom is -0.493 e. The minimum absolute atomic E-state index is 0.259. The Morgan fingerprint density at radius 3 is 2.84 bits per heavy atom. The summed E-state index contributed by atoms with van der Waals surface area (Å²) in [6.45, 7) is 3.40. The van der Waals surface area contributed by atoms with Crippen molar-refractivity contribution in [2.24, 2.45) is 5.92 Å². The molecule has 2 atom stereocenters. The molecule has 2 nitrogen and oxygen atoms in total. The second-order valence-electron chi connectivity index (χ2n) is 5.23. The van der Waals surface area contributed by atoms with E-state index in [-0.39, 0.29) is 5.75 Å². The molecule has 0 saturated carbocycles. The molecule has 2 unspecified atom stereocenters. The third-order valence-electron chi connectivity index (χ3n) is 3.71. The van der Waals surface area contributed by atoms with Crippen LogP contribution in [-0.2, 0) is 6.42 Å². The van der Waals surface area contributed by atoms with E-state index in [0.717, 1.165) is 37.9 Å². The van der Waals surface area contributed by atoms with Gasteiger partial charge in [-0.1, -0.05) is 0 Å². The van der Waals surface area contributed by atoms with Crippen molar-refractivity contribution in [3.63, 3.8) is 0 Å². The van der Waals surface area contributed by atoms with Gasteiger partial charge in [0.1, 0.15) is 6.17 Å². The first-order valence-electron chi connectivity index (χ1n) is 6.83. The Labute approximate surface area is 113 Å². The van der Waals surface area contributed by atoms with Gasteiger partial charge in [0.2, 0.25) is 0 Å². The normalized spacial score (nSPS) is 21.2. The number of hydrogen-bond acceptors (Lipinski definition) is 2. The summed E-state index contributed by atoms with van der Waals surface area (Å²) in [6, 6.07) is 2.97. The molecule has 0 spiro atoms. The zero-order valence-electron chi connectivity index (χ0n) is 11.5. The van der Waals surface area contributed by atoms with Crippen LogP contribution in [0.1, 0.15) is 37.1 Å². The molecule has 0 bridgehead atoms. The fourth-order valence-corrected chi connectivity index (χ4v) is 2.69. The Hall–Kier alpha value is -1.16. The van der Waals surface area contributed by atoms with Crippen molar-refractivity contribution < 1.29 is 13.5 Å². The quantitative estimate of drug-likeness (QED) is 0.904. The summed E-state index contributed by atoms with van der Waals surface area (Å²) in [5.74, 6) is 0.255. The highest BCUT2D eigenvalue weighted by Gasteiger charge is 2.19. The lowest BCUT2D eigenvalue weighted by molar-refractivity contribution is 0.348. The molecule has 0 radical (unpaired) electrons. The van der Waals surface area contributed by atoms with Crippen molar-refractivity contribution >= 4 is 0 Å². The van der Waals surface area contributed by atoms with E-state index in [2.05, 4.69) is 5.32 Å². The summed E-state index contributed by atoms with van der Waals surface area (Å²) < 4.78 is 32.4. The molecule has 1 aliphatic heterocycles. The molecule has 1 fully saturated rings. The minimum atomic E-state index is -1.16. The third-order valence-corrected chi connectivity index (χ3v) is 3.71. The monoisotopic (exact) mass is 269 g/mol. The topological polar surface area (TPSA) is 21.3 Å². The summed E-state index contributed by atoms with van der Waals surface area (Å²) in [5.41, 5.74) is 1.16. The summed E-state index contributed by atoms with van der Waals surface area (Å²) in [4.78, 5) is 0. The van der Waals surface area contributed by atoms with E-state index in [0.29, 0.717) is 11.5 Å². The van der Waals surface area contributed by atoms with Gasteiger partial charge < -0.3 is 10.1 Å². The third kappa shape index (κ3) is 3.44. The molecule has 106 valence electrons. The highest BCUT2D eigenvalue weighted by Crippen LogP contribution is 2.31. The first-order chi connectivity index (χ1) is 9.11. The van der Waals surface area contributed by atoms with Gasteiger partial charge in [0.25, 0.3) is 0 Å². The van der Waals surface area contributed by atoms with Crippen LogP contribution in [0.15, 0.2) is 12.1 Å². The van der Waals surface area contributed by atoms with Gasteiger partial charge in [0.05, 0.1) is 7.11 Å². The lowest BCUT2D eigenvalue weighted by atomic mass is 9.91. The molecular formula is C15H21F2NO. The Morgan fingerprint density at radius 1 is 1.47 bits per heavy atom. The zero-order chi connectivity index (χ0) is 13.8. The Bertz CT molecular complexity index is 428. The number of hydrogen-bond donors (Lipinski definition) is 1. The zero-order valence-corrected chi connectivity index (χ0v) is 11.5. The van der Waals surface area contributed by atoms with Crippen LogP contribution in [0.3, 0.4) is 0 Å². The molecule has 1 saturated heterocycles. The lowest BCUT2D eigenvalue weighted by Crippen LogP contribution is -2.31. The molecule has 0 amide bonds. The van der Waals surface area contributed by atoms with Crippen molar-refractivity contribution in [2.45, 2.75) is 32.4 Å². The van der Waals surface area contributed by atoms with Gasteiger partial charge in [-0.2, -0.15) is 0 Å². The summed E-state index contributed by atoms with van der Waals surface area (Å²) in [7, 11) is 1.46. The number of rotatable bonds is 4. The van der Waals surface area contributed by atoms with Gasteiger partial charge in [0.15, 0.2) is 11.6 Å².